The van der Waals surface area contributed by atoms with Crippen LogP contribution in [-0.2, 0) is 20.2 Å². The molecule has 240 valence electrons. The third-order valence-corrected chi connectivity index (χ3v) is 9.01. The van der Waals surface area contributed by atoms with Gasteiger partial charge in [0, 0.05) is 21.5 Å². The van der Waals surface area contributed by atoms with Gasteiger partial charge in [-0.2, -0.15) is 10.2 Å². The van der Waals surface area contributed by atoms with Crippen LogP contribution in [0.3, 0.4) is 0 Å². The second kappa shape index (κ2) is 16.0. The molecular weight excluding hydrogens is 703 g/mol. The Morgan fingerprint density at radius 1 is 0.480 bits per heavy atom. The summed E-state index contributed by atoms with van der Waals surface area (Å²) >= 11 is 0. The minimum absolute atomic E-state index is 0. The average molecular weight is 725 g/mol. The zero-order chi connectivity index (χ0) is 34.1. The molecule has 0 saturated carbocycles. The molecule has 6 aromatic carbocycles. The van der Waals surface area contributed by atoms with Crippen LogP contribution in [0.15, 0.2) is 139 Å². The Hall–Kier alpha value is -3.80. The monoisotopic (exact) mass is 724 g/mol. The van der Waals surface area contributed by atoms with Gasteiger partial charge in [-0.1, -0.05) is 84.9 Å². The Balaban J connectivity index is 0.00000281. The number of nitrogens with zero attached hydrogens (tertiary/aromatic N) is 4. The Labute approximate surface area is 331 Å². The van der Waals surface area contributed by atoms with E-state index < -0.39 is 30.0 Å². The SMILES string of the molecule is O=S(=O)([O-])c1cc(N=Nc2ccc(/C=C\c3ccc(N=Nc4cc(S(=O)(=O)[O-])c5ccccc5c4O)cc3)cc2)c(O)c2ccccc12.[Na+].[Na+]. The van der Waals surface area contributed by atoms with E-state index >= 15 is 0 Å². The van der Waals surface area contributed by atoms with Gasteiger partial charge in [0.15, 0.2) is 11.5 Å². The molecule has 2 N–H and O–H groups in total. The zero-order valence-corrected chi connectivity index (χ0v) is 32.1. The molecule has 0 atom stereocenters. The van der Waals surface area contributed by atoms with Gasteiger partial charge in [-0.05, 0) is 47.5 Å². The number of hydrogen-bond acceptors (Lipinski definition) is 12. The van der Waals surface area contributed by atoms with Gasteiger partial charge in [0.05, 0.1) is 21.2 Å². The van der Waals surface area contributed by atoms with Crippen molar-refractivity contribution < 1.29 is 95.3 Å². The van der Waals surface area contributed by atoms with Crippen molar-refractivity contribution >= 4 is 76.7 Å². The number of aromatic hydroxyl groups is 2. The standard InChI is InChI=1S/C34H24N4O8S2.2Na/c39-33-27-7-3-1-5-25(27)31(47(41,42)43)19-29(33)37-35-23-15-11-21(12-16-23)9-10-22-13-17-24(18-14-22)36-38-30-20-32(48(44,45)46)26-6-2-4-8-28(26)34(30)40;;/h1-20,39-40H,(H,41,42,43)(H,44,45,46);;/q;2*+1/p-2/b10-9-,37-35?,38-36?;;. The molecule has 6 rings (SSSR count). The van der Waals surface area contributed by atoms with Crippen molar-refractivity contribution in [3.8, 4) is 11.5 Å². The van der Waals surface area contributed by atoms with Crippen LogP contribution in [0.5, 0.6) is 11.5 Å². The Morgan fingerprint density at radius 3 is 1.12 bits per heavy atom. The smallest absolute Gasteiger partial charge is 0.744 e. The second-order valence-electron chi connectivity index (χ2n) is 10.4. The molecule has 0 spiro atoms. The van der Waals surface area contributed by atoms with Crippen molar-refractivity contribution in [3.63, 3.8) is 0 Å². The minimum atomic E-state index is -4.84. The topological polar surface area (TPSA) is 204 Å². The van der Waals surface area contributed by atoms with Crippen molar-refractivity contribution in [2.45, 2.75) is 9.79 Å². The zero-order valence-electron chi connectivity index (χ0n) is 26.5. The van der Waals surface area contributed by atoms with Crippen LogP contribution in [0.2, 0.25) is 0 Å². The first-order valence-electron chi connectivity index (χ1n) is 14.0. The molecule has 0 aliphatic carbocycles. The largest absolute Gasteiger partial charge is 1.00 e. The summed E-state index contributed by atoms with van der Waals surface area (Å²) in [6, 6.07) is 27.9. The summed E-state index contributed by atoms with van der Waals surface area (Å²) in [5.74, 6) is -0.603. The Bertz CT molecular complexity index is 2350. The molecule has 0 saturated heterocycles. The van der Waals surface area contributed by atoms with Crippen LogP contribution in [0.25, 0.3) is 33.7 Å². The van der Waals surface area contributed by atoms with Crippen molar-refractivity contribution in [1.29, 1.82) is 0 Å². The van der Waals surface area contributed by atoms with E-state index in [9.17, 15) is 36.2 Å². The number of benzene rings is 6. The van der Waals surface area contributed by atoms with Crippen molar-refractivity contribution in [3.05, 3.63) is 120 Å². The molecule has 0 amide bonds. The molecule has 0 heterocycles. The average Bonchev–Trinajstić information content (AvgIpc) is 3.07. The molecule has 50 heavy (non-hydrogen) atoms. The van der Waals surface area contributed by atoms with Gasteiger partial charge in [-0.3, -0.25) is 0 Å². The number of hydrogen-bond donors (Lipinski definition) is 2. The predicted octanol–water partition coefficient (Wildman–Crippen LogP) is 2.22. The van der Waals surface area contributed by atoms with Gasteiger partial charge in [0.25, 0.3) is 0 Å². The number of fused-ring (bicyclic) bond motifs is 2. The van der Waals surface area contributed by atoms with Crippen LogP contribution in [0.4, 0.5) is 22.7 Å². The van der Waals surface area contributed by atoms with Gasteiger partial charge in [-0.25, -0.2) is 16.8 Å². The van der Waals surface area contributed by atoms with Gasteiger partial charge >= 0.3 is 59.1 Å². The van der Waals surface area contributed by atoms with Gasteiger partial charge in [0.2, 0.25) is 0 Å². The van der Waals surface area contributed by atoms with Crippen molar-refractivity contribution in [2.24, 2.45) is 20.5 Å². The normalized spacial score (nSPS) is 12.1. The third-order valence-electron chi connectivity index (χ3n) is 7.26. The molecule has 0 unspecified atom stereocenters. The molecular formula is C34H22N4Na2O8S2. The van der Waals surface area contributed by atoms with Crippen LogP contribution >= 0.6 is 0 Å². The molecule has 0 fully saturated rings. The summed E-state index contributed by atoms with van der Waals surface area (Å²) in [6.45, 7) is 0. The number of phenols is 2. The van der Waals surface area contributed by atoms with E-state index in [1.165, 1.54) is 24.3 Å². The maximum atomic E-state index is 11.8. The molecule has 0 bridgehead atoms. The Kier molecular flexibility index (Phi) is 12.5. The molecule has 16 heteroatoms. The van der Waals surface area contributed by atoms with Gasteiger partial charge in [0.1, 0.15) is 31.6 Å². The molecule has 0 aliphatic rings. The van der Waals surface area contributed by atoms with E-state index in [1.807, 2.05) is 12.2 Å². The first kappa shape index (κ1) is 39.0. The number of azo groups is 2. The second-order valence-corrected chi connectivity index (χ2v) is 13.1. The fraction of sp³-hybridized carbons (Fsp3) is 0. The minimum Gasteiger partial charge on any atom is -0.744 e. The quantitative estimate of drug-likeness (QED) is 0.103. The number of rotatable bonds is 8. The summed E-state index contributed by atoms with van der Waals surface area (Å²) in [5, 5.41) is 37.8. The number of phenolic OH excluding ortho intramolecular Hbond substituents is 2. The maximum absolute atomic E-state index is 11.8. The molecule has 6 aromatic rings. The van der Waals surface area contributed by atoms with Crippen LogP contribution in [-0.4, -0.2) is 36.2 Å². The maximum Gasteiger partial charge on any atom is 1.00 e. The van der Waals surface area contributed by atoms with E-state index in [1.54, 1.807) is 72.8 Å². The van der Waals surface area contributed by atoms with E-state index in [0.717, 1.165) is 23.3 Å². The summed E-state index contributed by atoms with van der Waals surface area (Å²) < 4.78 is 70.9. The van der Waals surface area contributed by atoms with Gasteiger partial charge < -0.3 is 19.3 Å². The fourth-order valence-corrected chi connectivity index (χ4v) is 6.32. The third kappa shape index (κ3) is 8.73. The predicted molar refractivity (Wildman–Crippen MR) is 177 cm³/mol. The molecule has 0 radical (unpaired) electrons. The van der Waals surface area contributed by atoms with E-state index in [4.69, 9.17) is 0 Å². The van der Waals surface area contributed by atoms with Crippen LogP contribution in [0.1, 0.15) is 11.1 Å². The van der Waals surface area contributed by atoms with Crippen LogP contribution < -0.4 is 59.1 Å². The summed E-state index contributed by atoms with van der Waals surface area (Å²) in [5.41, 5.74) is 2.15. The van der Waals surface area contributed by atoms with E-state index in [2.05, 4.69) is 20.5 Å². The van der Waals surface area contributed by atoms with Crippen molar-refractivity contribution in [2.75, 3.05) is 0 Å². The van der Waals surface area contributed by atoms with Crippen molar-refractivity contribution in [1.82, 2.24) is 0 Å². The van der Waals surface area contributed by atoms with E-state index in [0.29, 0.717) is 11.4 Å². The van der Waals surface area contributed by atoms with Gasteiger partial charge in [-0.15, -0.1) is 10.2 Å². The molecule has 12 nitrogen and oxygen atoms in total. The first-order valence-corrected chi connectivity index (χ1v) is 16.8. The molecule has 0 aliphatic heterocycles. The fourth-order valence-electron chi connectivity index (χ4n) is 4.91. The van der Waals surface area contributed by atoms with Crippen LogP contribution in [0, 0.1) is 0 Å². The molecule has 0 aromatic heterocycles. The van der Waals surface area contributed by atoms with E-state index in [-0.39, 0.29) is 104 Å². The Morgan fingerprint density at radius 2 is 0.800 bits per heavy atom. The summed E-state index contributed by atoms with van der Waals surface area (Å²) in [6.07, 6.45) is 3.69. The summed E-state index contributed by atoms with van der Waals surface area (Å²) in [4.78, 5) is -1.00. The summed E-state index contributed by atoms with van der Waals surface area (Å²) in [7, 11) is -9.67. The first-order chi connectivity index (χ1) is 22.9.